The fraction of sp³-hybridized carbons (Fsp3) is 0.923. The third-order valence-corrected chi connectivity index (χ3v) is 5.38. The maximum absolute atomic E-state index is 8.74. The van der Waals surface area contributed by atoms with E-state index < -0.39 is 0 Å². The van der Waals surface area contributed by atoms with Gasteiger partial charge in [0.25, 0.3) is 0 Å². The summed E-state index contributed by atoms with van der Waals surface area (Å²) in [7, 11) is 0. The van der Waals surface area contributed by atoms with Crippen LogP contribution < -0.4 is 0 Å². The van der Waals surface area contributed by atoms with Crippen molar-refractivity contribution < 1.29 is 14.6 Å². The van der Waals surface area contributed by atoms with Gasteiger partial charge in [-0.05, 0) is 44.9 Å². The quantitative estimate of drug-likeness (QED) is 0.0992. The second kappa shape index (κ2) is 25.7. The third-order valence-electron chi connectivity index (χ3n) is 5.38. The Hall–Kier alpha value is -0.380. The predicted molar refractivity (Wildman–Crippen MR) is 126 cm³/mol. The highest BCUT2D eigenvalue weighted by Gasteiger charge is 2.09. The van der Waals surface area contributed by atoms with E-state index in [1.165, 1.54) is 96.3 Å². The molecule has 0 aliphatic heterocycles. The predicted octanol–water partition coefficient (Wildman–Crippen LogP) is 7.96. The van der Waals surface area contributed by atoms with Crippen LogP contribution in [0.4, 0.5) is 0 Å². The summed E-state index contributed by atoms with van der Waals surface area (Å²) in [6.45, 7) is 6.48. The molecule has 0 aliphatic rings. The van der Waals surface area contributed by atoms with Crippen LogP contribution in [0, 0.1) is 0 Å². The van der Waals surface area contributed by atoms with Gasteiger partial charge in [-0.3, -0.25) is 0 Å². The zero-order chi connectivity index (χ0) is 21.3. The van der Waals surface area contributed by atoms with Crippen LogP contribution in [0.25, 0.3) is 0 Å². The summed E-state index contributed by atoms with van der Waals surface area (Å²) in [5.41, 5.74) is 0. The lowest BCUT2D eigenvalue weighted by molar-refractivity contribution is -0.148. The Morgan fingerprint density at radius 2 is 1.07 bits per heavy atom. The first kappa shape index (κ1) is 28.6. The Kier molecular flexibility index (Phi) is 25.3. The van der Waals surface area contributed by atoms with Crippen molar-refractivity contribution in [2.24, 2.45) is 0 Å². The summed E-state index contributed by atoms with van der Waals surface area (Å²) in [6, 6.07) is 0. The molecule has 0 saturated carbocycles. The molecule has 0 unspecified atom stereocenters. The van der Waals surface area contributed by atoms with Gasteiger partial charge in [-0.2, -0.15) is 0 Å². The Morgan fingerprint density at radius 1 is 0.586 bits per heavy atom. The van der Waals surface area contributed by atoms with Crippen LogP contribution in [0.5, 0.6) is 0 Å². The number of hydrogen-bond donors (Lipinski definition) is 1. The molecule has 0 aromatic carbocycles. The summed E-state index contributed by atoms with van der Waals surface area (Å²) >= 11 is 0. The molecule has 29 heavy (non-hydrogen) atoms. The topological polar surface area (TPSA) is 38.7 Å². The molecular weight excluding hydrogens is 360 g/mol. The lowest BCUT2D eigenvalue weighted by Gasteiger charge is -2.19. The van der Waals surface area contributed by atoms with E-state index in [0.717, 1.165) is 32.5 Å². The molecule has 0 amide bonds. The van der Waals surface area contributed by atoms with E-state index in [4.69, 9.17) is 14.6 Å². The molecule has 0 fully saturated rings. The summed E-state index contributed by atoms with van der Waals surface area (Å²) in [5, 5.41) is 8.74. The molecule has 3 heteroatoms. The van der Waals surface area contributed by atoms with Gasteiger partial charge >= 0.3 is 0 Å². The first-order chi connectivity index (χ1) is 14.3. The van der Waals surface area contributed by atoms with Gasteiger partial charge in [0.05, 0.1) is 0 Å². The van der Waals surface area contributed by atoms with Crippen molar-refractivity contribution in [1.82, 2.24) is 0 Å². The van der Waals surface area contributed by atoms with Gasteiger partial charge in [-0.15, -0.1) is 0 Å². The maximum atomic E-state index is 8.74. The van der Waals surface area contributed by atoms with Crippen LogP contribution >= 0.6 is 0 Å². The van der Waals surface area contributed by atoms with Crippen molar-refractivity contribution in [3.63, 3.8) is 0 Å². The van der Waals surface area contributed by atoms with Crippen LogP contribution in [0.2, 0.25) is 0 Å². The molecule has 0 atom stereocenters. The minimum atomic E-state index is 0.00812. The average Bonchev–Trinajstić information content (AvgIpc) is 2.73. The Balaban J connectivity index is 3.79. The summed E-state index contributed by atoms with van der Waals surface area (Å²) < 4.78 is 12.2. The fourth-order valence-electron chi connectivity index (χ4n) is 3.47. The standard InChI is InChI=1S/C26H52O3/c1-3-5-7-16-20-24-28-26(29-25-21-17-8-6-4-2)22-18-14-12-10-9-11-13-15-19-23-27/h13,15,26-27H,3-12,14,16-25H2,1-2H3/b15-13-. The van der Waals surface area contributed by atoms with Gasteiger partial charge in [0.1, 0.15) is 0 Å². The minimum Gasteiger partial charge on any atom is -0.396 e. The number of ether oxygens (including phenoxy) is 2. The number of aliphatic hydroxyl groups is 1. The van der Waals surface area contributed by atoms with Crippen molar-refractivity contribution in [3.8, 4) is 0 Å². The van der Waals surface area contributed by atoms with E-state index in [0.29, 0.717) is 0 Å². The molecule has 3 nitrogen and oxygen atoms in total. The summed E-state index contributed by atoms with van der Waals surface area (Å²) in [4.78, 5) is 0. The van der Waals surface area contributed by atoms with Crippen molar-refractivity contribution in [3.05, 3.63) is 12.2 Å². The molecule has 0 radical (unpaired) electrons. The van der Waals surface area contributed by atoms with Gasteiger partial charge < -0.3 is 14.6 Å². The third kappa shape index (κ3) is 23.8. The highest BCUT2D eigenvalue weighted by atomic mass is 16.7. The number of allylic oxidation sites excluding steroid dienone is 1. The molecular formula is C26H52O3. The minimum absolute atomic E-state index is 0.00812. The number of aliphatic hydroxyl groups excluding tert-OH is 1. The van der Waals surface area contributed by atoms with Crippen LogP contribution in [-0.2, 0) is 9.47 Å². The summed E-state index contributed by atoms with van der Waals surface area (Å²) in [5.74, 6) is 0. The molecule has 0 aromatic heterocycles. The van der Waals surface area contributed by atoms with Gasteiger partial charge in [-0.25, -0.2) is 0 Å². The van der Waals surface area contributed by atoms with E-state index in [9.17, 15) is 0 Å². The van der Waals surface area contributed by atoms with E-state index >= 15 is 0 Å². The maximum Gasteiger partial charge on any atom is 0.157 e. The van der Waals surface area contributed by atoms with Crippen LogP contribution in [0.3, 0.4) is 0 Å². The highest BCUT2D eigenvalue weighted by molar-refractivity contribution is 4.80. The Labute approximate surface area is 182 Å². The monoisotopic (exact) mass is 412 g/mol. The molecule has 0 aliphatic carbocycles. The second-order valence-electron chi connectivity index (χ2n) is 8.33. The van der Waals surface area contributed by atoms with Gasteiger partial charge in [0.2, 0.25) is 0 Å². The van der Waals surface area contributed by atoms with Crippen molar-refractivity contribution >= 4 is 0 Å². The van der Waals surface area contributed by atoms with Crippen molar-refractivity contribution in [2.75, 3.05) is 19.8 Å². The first-order valence-corrected chi connectivity index (χ1v) is 12.8. The van der Waals surface area contributed by atoms with Gasteiger partial charge in [0, 0.05) is 19.8 Å². The molecule has 0 saturated heterocycles. The zero-order valence-electron chi connectivity index (χ0n) is 19.8. The highest BCUT2D eigenvalue weighted by Crippen LogP contribution is 2.14. The molecule has 0 heterocycles. The first-order valence-electron chi connectivity index (χ1n) is 12.8. The van der Waals surface area contributed by atoms with Crippen molar-refractivity contribution in [2.45, 2.75) is 136 Å². The zero-order valence-corrected chi connectivity index (χ0v) is 19.8. The lowest BCUT2D eigenvalue weighted by Crippen LogP contribution is -2.19. The fourth-order valence-corrected chi connectivity index (χ4v) is 3.47. The van der Waals surface area contributed by atoms with E-state index in [2.05, 4.69) is 26.0 Å². The van der Waals surface area contributed by atoms with E-state index in [1.807, 2.05) is 0 Å². The smallest absolute Gasteiger partial charge is 0.157 e. The summed E-state index contributed by atoms with van der Waals surface area (Å²) in [6.07, 6.45) is 26.4. The van der Waals surface area contributed by atoms with Crippen molar-refractivity contribution in [1.29, 1.82) is 0 Å². The van der Waals surface area contributed by atoms with Crippen LogP contribution in [0.1, 0.15) is 129 Å². The molecule has 174 valence electrons. The number of unbranched alkanes of at least 4 members (excludes halogenated alkanes) is 13. The van der Waals surface area contributed by atoms with E-state index in [1.54, 1.807) is 0 Å². The Morgan fingerprint density at radius 3 is 1.66 bits per heavy atom. The molecule has 1 N–H and O–H groups in total. The van der Waals surface area contributed by atoms with Crippen LogP contribution in [-0.4, -0.2) is 31.2 Å². The number of hydrogen-bond acceptors (Lipinski definition) is 3. The van der Waals surface area contributed by atoms with Gasteiger partial charge in [0.15, 0.2) is 6.29 Å². The lowest BCUT2D eigenvalue weighted by atomic mass is 10.1. The Bertz CT molecular complexity index is 301. The molecule has 0 spiro atoms. The average molecular weight is 413 g/mol. The molecule has 0 aromatic rings. The van der Waals surface area contributed by atoms with Crippen LogP contribution in [0.15, 0.2) is 12.2 Å². The normalized spacial score (nSPS) is 11.9. The SMILES string of the molecule is CCCCCCCOC(CCCCCCC/C=C\CCO)OCCCCCCC. The number of rotatable bonds is 24. The largest absolute Gasteiger partial charge is 0.396 e. The molecule has 0 bridgehead atoms. The van der Waals surface area contributed by atoms with E-state index in [-0.39, 0.29) is 12.9 Å². The molecule has 0 rings (SSSR count). The second-order valence-corrected chi connectivity index (χ2v) is 8.33. The van der Waals surface area contributed by atoms with Gasteiger partial charge in [-0.1, -0.05) is 96.6 Å².